The van der Waals surface area contributed by atoms with Crippen LogP contribution in [-0.2, 0) is 12.8 Å². The first-order valence-electron chi connectivity index (χ1n) is 9.92. The molecule has 25 heavy (non-hydrogen) atoms. The maximum absolute atomic E-state index is 6.03. The lowest BCUT2D eigenvalue weighted by atomic mass is 9.92. The molecule has 0 radical (unpaired) electrons. The van der Waals surface area contributed by atoms with Crippen molar-refractivity contribution in [2.24, 2.45) is 11.8 Å². The van der Waals surface area contributed by atoms with E-state index in [0.29, 0.717) is 5.92 Å². The maximum atomic E-state index is 6.03. The number of piperidine rings is 1. The van der Waals surface area contributed by atoms with Crippen LogP contribution in [0.1, 0.15) is 57.7 Å². The third-order valence-electron chi connectivity index (χ3n) is 5.10. The summed E-state index contributed by atoms with van der Waals surface area (Å²) in [4.78, 5) is 0. The van der Waals surface area contributed by atoms with Crippen LogP contribution in [-0.4, -0.2) is 24.9 Å². The molecular formula is C21H32N2O2. The summed E-state index contributed by atoms with van der Waals surface area (Å²) < 4.78 is 11.8. The van der Waals surface area contributed by atoms with Crippen LogP contribution in [0.15, 0.2) is 16.7 Å². The van der Waals surface area contributed by atoms with Gasteiger partial charge < -0.3 is 14.6 Å². The molecule has 1 fully saturated rings. The summed E-state index contributed by atoms with van der Waals surface area (Å²) in [6, 6.07) is 4.25. The normalized spacial score (nSPS) is 16.0. The standard InChI is InChI=1S/C21H32N2O2/c1-4-5-18-20(24-14-15(2)3)9-7-17-19(23-25-21(17)18)8-6-16-10-12-22-13-11-16/h7,9,15-16,22H,4-6,8,10-14H2,1-3H3. The molecule has 0 amide bonds. The van der Waals surface area contributed by atoms with Crippen LogP contribution >= 0.6 is 0 Å². The largest absolute Gasteiger partial charge is 0.493 e. The molecule has 1 aromatic carbocycles. The fourth-order valence-electron chi connectivity index (χ4n) is 3.66. The highest BCUT2D eigenvalue weighted by Gasteiger charge is 2.18. The molecule has 0 aliphatic carbocycles. The molecule has 4 nitrogen and oxygen atoms in total. The Bertz CT molecular complexity index is 672. The first-order chi connectivity index (χ1) is 12.2. The second-order valence-electron chi connectivity index (χ2n) is 7.74. The summed E-state index contributed by atoms with van der Waals surface area (Å²) in [5.41, 5.74) is 3.23. The monoisotopic (exact) mass is 344 g/mol. The number of hydrogen-bond donors (Lipinski definition) is 1. The van der Waals surface area contributed by atoms with Crippen LogP contribution < -0.4 is 10.1 Å². The van der Waals surface area contributed by atoms with Crippen molar-refractivity contribution in [2.45, 2.75) is 59.3 Å². The van der Waals surface area contributed by atoms with Gasteiger partial charge in [-0.1, -0.05) is 32.3 Å². The maximum Gasteiger partial charge on any atom is 0.174 e. The Morgan fingerprint density at radius 3 is 2.76 bits per heavy atom. The van der Waals surface area contributed by atoms with Gasteiger partial charge in [-0.2, -0.15) is 0 Å². The van der Waals surface area contributed by atoms with Gasteiger partial charge in [0.05, 0.1) is 12.3 Å². The van der Waals surface area contributed by atoms with Crippen LogP contribution in [0.2, 0.25) is 0 Å². The van der Waals surface area contributed by atoms with Gasteiger partial charge >= 0.3 is 0 Å². The highest BCUT2D eigenvalue weighted by molar-refractivity contribution is 5.84. The smallest absolute Gasteiger partial charge is 0.174 e. The van der Waals surface area contributed by atoms with Crippen molar-refractivity contribution in [3.8, 4) is 5.75 Å². The molecule has 0 bridgehead atoms. The molecule has 0 spiro atoms. The van der Waals surface area contributed by atoms with E-state index in [4.69, 9.17) is 9.26 Å². The van der Waals surface area contributed by atoms with Gasteiger partial charge in [0.15, 0.2) is 5.58 Å². The van der Waals surface area contributed by atoms with Gasteiger partial charge in [-0.05, 0) is 69.2 Å². The zero-order valence-electron chi connectivity index (χ0n) is 15.9. The van der Waals surface area contributed by atoms with Crippen molar-refractivity contribution >= 4 is 11.0 Å². The van der Waals surface area contributed by atoms with Gasteiger partial charge in [-0.25, -0.2) is 0 Å². The molecule has 4 heteroatoms. The minimum Gasteiger partial charge on any atom is -0.493 e. The third-order valence-corrected chi connectivity index (χ3v) is 5.10. The lowest BCUT2D eigenvalue weighted by molar-refractivity contribution is 0.268. The van der Waals surface area contributed by atoms with Crippen molar-refractivity contribution in [3.05, 3.63) is 23.4 Å². The zero-order chi connectivity index (χ0) is 17.6. The molecule has 0 unspecified atom stereocenters. The molecule has 1 aliphatic rings. The van der Waals surface area contributed by atoms with Crippen molar-refractivity contribution < 1.29 is 9.26 Å². The predicted molar refractivity (Wildman–Crippen MR) is 102 cm³/mol. The lowest BCUT2D eigenvalue weighted by Gasteiger charge is -2.21. The number of nitrogens with zero attached hydrogens (tertiary/aromatic N) is 1. The fraction of sp³-hybridized carbons (Fsp3) is 0.667. The molecule has 138 valence electrons. The number of nitrogens with one attached hydrogen (secondary N) is 1. The summed E-state index contributed by atoms with van der Waals surface area (Å²) in [5.74, 6) is 2.29. The van der Waals surface area contributed by atoms with E-state index in [-0.39, 0.29) is 0 Å². The second kappa shape index (κ2) is 8.70. The van der Waals surface area contributed by atoms with E-state index in [9.17, 15) is 0 Å². The number of ether oxygens (including phenoxy) is 1. The Morgan fingerprint density at radius 2 is 2.04 bits per heavy atom. The number of hydrogen-bond acceptors (Lipinski definition) is 4. The minimum absolute atomic E-state index is 0.514. The third kappa shape index (κ3) is 4.55. The van der Waals surface area contributed by atoms with Crippen LogP contribution in [0.25, 0.3) is 11.0 Å². The minimum atomic E-state index is 0.514. The highest BCUT2D eigenvalue weighted by Crippen LogP contribution is 2.32. The summed E-state index contributed by atoms with van der Waals surface area (Å²) in [6.07, 6.45) is 6.82. The van der Waals surface area contributed by atoms with E-state index in [0.717, 1.165) is 61.9 Å². The van der Waals surface area contributed by atoms with Gasteiger partial charge in [0.1, 0.15) is 5.75 Å². The number of rotatable bonds is 8. The van der Waals surface area contributed by atoms with Gasteiger partial charge in [0.25, 0.3) is 0 Å². The van der Waals surface area contributed by atoms with Gasteiger partial charge in [-0.3, -0.25) is 0 Å². The van der Waals surface area contributed by atoms with E-state index in [2.05, 4.69) is 43.4 Å². The van der Waals surface area contributed by atoms with Crippen molar-refractivity contribution in [3.63, 3.8) is 0 Å². The predicted octanol–water partition coefficient (Wildman–Crippen LogP) is 4.75. The van der Waals surface area contributed by atoms with E-state index >= 15 is 0 Å². The number of aryl methyl sites for hydroxylation is 2. The zero-order valence-corrected chi connectivity index (χ0v) is 15.9. The lowest BCUT2D eigenvalue weighted by Crippen LogP contribution is -2.27. The average Bonchev–Trinajstić information content (AvgIpc) is 3.03. The van der Waals surface area contributed by atoms with Crippen LogP contribution in [0.5, 0.6) is 5.75 Å². The van der Waals surface area contributed by atoms with Crippen LogP contribution in [0.4, 0.5) is 0 Å². The second-order valence-corrected chi connectivity index (χ2v) is 7.74. The number of benzene rings is 1. The molecule has 0 atom stereocenters. The Morgan fingerprint density at radius 1 is 1.24 bits per heavy atom. The molecular weight excluding hydrogens is 312 g/mol. The summed E-state index contributed by atoms with van der Waals surface area (Å²) in [5, 5.41) is 9.03. The summed E-state index contributed by atoms with van der Waals surface area (Å²) in [6.45, 7) is 9.58. The molecule has 2 heterocycles. The molecule has 1 aliphatic heterocycles. The molecule has 2 aromatic rings. The van der Waals surface area contributed by atoms with E-state index in [1.165, 1.54) is 30.2 Å². The SMILES string of the molecule is CCCc1c(OCC(C)C)ccc2c(CCC3CCNCC3)noc12. The Labute approximate surface area is 151 Å². The van der Waals surface area contributed by atoms with Gasteiger partial charge in [-0.15, -0.1) is 0 Å². The highest BCUT2D eigenvalue weighted by atomic mass is 16.5. The molecule has 1 N–H and O–H groups in total. The van der Waals surface area contributed by atoms with Crippen molar-refractivity contribution in [2.75, 3.05) is 19.7 Å². The van der Waals surface area contributed by atoms with Gasteiger partial charge in [0, 0.05) is 10.9 Å². The van der Waals surface area contributed by atoms with E-state index < -0.39 is 0 Å². The van der Waals surface area contributed by atoms with Crippen molar-refractivity contribution in [1.29, 1.82) is 0 Å². The van der Waals surface area contributed by atoms with Crippen molar-refractivity contribution in [1.82, 2.24) is 10.5 Å². The first-order valence-corrected chi connectivity index (χ1v) is 9.92. The quantitative estimate of drug-likeness (QED) is 0.751. The van der Waals surface area contributed by atoms with Crippen LogP contribution in [0, 0.1) is 11.8 Å². The number of fused-ring (bicyclic) bond motifs is 1. The van der Waals surface area contributed by atoms with Crippen LogP contribution in [0.3, 0.4) is 0 Å². The van der Waals surface area contributed by atoms with Gasteiger partial charge in [0.2, 0.25) is 0 Å². The van der Waals surface area contributed by atoms with E-state index in [1.54, 1.807) is 0 Å². The Balaban J connectivity index is 1.78. The first kappa shape index (κ1) is 18.2. The fourth-order valence-corrected chi connectivity index (χ4v) is 3.66. The average molecular weight is 344 g/mol. The molecule has 1 saturated heterocycles. The molecule has 1 aromatic heterocycles. The molecule has 0 saturated carbocycles. The topological polar surface area (TPSA) is 47.3 Å². The summed E-state index contributed by atoms with van der Waals surface area (Å²) >= 11 is 0. The summed E-state index contributed by atoms with van der Waals surface area (Å²) in [7, 11) is 0. The number of aromatic nitrogens is 1. The molecule has 3 rings (SSSR count). The Kier molecular flexibility index (Phi) is 6.35. The van der Waals surface area contributed by atoms with E-state index in [1.807, 2.05) is 0 Å². The Hall–Kier alpha value is -1.55.